The molecule has 3 aliphatic rings. The highest BCUT2D eigenvalue weighted by atomic mass is 16.3. The number of furan rings is 1. The molecular formula is C22H25N3O3. The van der Waals surface area contributed by atoms with E-state index in [0.717, 1.165) is 30.7 Å². The highest BCUT2D eigenvalue weighted by Gasteiger charge is 2.49. The van der Waals surface area contributed by atoms with E-state index in [1.165, 1.54) is 5.56 Å². The molecule has 1 unspecified atom stereocenters. The van der Waals surface area contributed by atoms with Gasteiger partial charge in [0.05, 0.1) is 23.9 Å². The molecule has 2 saturated heterocycles. The average Bonchev–Trinajstić information content (AvgIpc) is 3.48. The summed E-state index contributed by atoms with van der Waals surface area (Å²) < 4.78 is 5.53. The monoisotopic (exact) mass is 379 g/mol. The highest BCUT2D eigenvalue weighted by molar-refractivity contribution is 5.96. The first-order valence-electron chi connectivity index (χ1n) is 10.1. The molecule has 6 nitrogen and oxygen atoms in total. The van der Waals surface area contributed by atoms with Crippen molar-refractivity contribution in [3.63, 3.8) is 0 Å². The van der Waals surface area contributed by atoms with Gasteiger partial charge in [-0.15, -0.1) is 0 Å². The van der Waals surface area contributed by atoms with Crippen molar-refractivity contribution < 1.29 is 14.0 Å². The van der Waals surface area contributed by atoms with Crippen LogP contribution in [0.4, 0.5) is 0 Å². The fourth-order valence-corrected chi connectivity index (χ4v) is 5.11. The first-order chi connectivity index (χ1) is 13.5. The van der Waals surface area contributed by atoms with Crippen molar-refractivity contribution in [1.82, 2.24) is 14.8 Å². The zero-order valence-electron chi connectivity index (χ0n) is 16.3. The molecule has 0 spiro atoms. The van der Waals surface area contributed by atoms with Gasteiger partial charge in [0.25, 0.3) is 5.91 Å². The lowest BCUT2D eigenvalue weighted by Crippen LogP contribution is -2.52. The third kappa shape index (κ3) is 2.65. The summed E-state index contributed by atoms with van der Waals surface area (Å²) in [5.74, 6) is 1.18. The minimum atomic E-state index is -0.00480. The largest absolute Gasteiger partial charge is 0.468 e. The number of aromatic nitrogens is 1. The lowest BCUT2D eigenvalue weighted by Gasteiger charge is -2.35. The standard InChI is InChI=1S/C22H25N3O3/c1-13(2)20-18(5-7-28-20)22(27)25-12-16-10-17(25)11-24(16)21(26)15-8-14-4-3-6-23-19(14)9-15/h3-7,13,15-17H,8-12H2,1-2H3/t15?,16-,17-/m0/s1. The Bertz CT molecular complexity index is 910. The summed E-state index contributed by atoms with van der Waals surface area (Å²) in [5.41, 5.74) is 2.92. The van der Waals surface area contributed by atoms with Gasteiger partial charge in [0, 0.05) is 43.2 Å². The molecular weight excluding hydrogens is 354 g/mol. The molecule has 3 atom stereocenters. The Morgan fingerprint density at radius 1 is 1.14 bits per heavy atom. The average molecular weight is 379 g/mol. The number of fused-ring (bicyclic) bond motifs is 3. The van der Waals surface area contributed by atoms with Crippen LogP contribution in [0.1, 0.15) is 53.6 Å². The summed E-state index contributed by atoms with van der Waals surface area (Å²) in [7, 11) is 0. The number of rotatable bonds is 3. The lowest BCUT2D eigenvalue weighted by atomic mass is 10.0. The molecule has 0 N–H and O–H groups in total. The summed E-state index contributed by atoms with van der Waals surface area (Å²) in [5, 5.41) is 0. The first kappa shape index (κ1) is 17.5. The molecule has 5 rings (SSSR count). The van der Waals surface area contributed by atoms with E-state index in [9.17, 15) is 9.59 Å². The second-order valence-corrected chi connectivity index (χ2v) is 8.56. The van der Waals surface area contributed by atoms with Gasteiger partial charge in [-0.05, 0) is 30.5 Å². The summed E-state index contributed by atoms with van der Waals surface area (Å²) in [4.78, 5) is 34.6. The van der Waals surface area contributed by atoms with Crippen LogP contribution < -0.4 is 0 Å². The molecule has 6 heteroatoms. The second kappa shape index (κ2) is 6.47. The number of piperazine rings is 1. The van der Waals surface area contributed by atoms with Crippen LogP contribution in [0.5, 0.6) is 0 Å². The van der Waals surface area contributed by atoms with Gasteiger partial charge in [-0.1, -0.05) is 19.9 Å². The first-order valence-corrected chi connectivity index (χ1v) is 10.1. The highest BCUT2D eigenvalue weighted by Crippen LogP contribution is 2.36. The van der Waals surface area contributed by atoms with Gasteiger partial charge in [-0.3, -0.25) is 14.6 Å². The Morgan fingerprint density at radius 3 is 2.64 bits per heavy atom. The molecule has 0 aromatic carbocycles. The van der Waals surface area contributed by atoms with Crippen LogP contribution in [0.2, 0.25) is 0 Å². The second-order valence-electron chi connectivity index (χ2n) is 8.56. The van der Waals surface area contributed by atoms with Crippen molar-refractivity contribution in [3.05, 3.63) is 53.2 Å². The molecule has 0 radical (unpaired) electrons. The van der Waals surface area contributed by atoms with Gasteiger partial charge < -0.3 is 14.2 Å². The zero-order chi connectivity index (χ0) is 19.4. The summed E-state index contributed by atoms with van der Waals surface area (Å²) in [6, 6.07) is 6.03. The van der Waals surface area contributed by atoms with Gasteiger partial charge in [-0.25, -0.2) is 0 Å². The van der Waals surface area contributed by atoms with Gasteiger partial charge in [-0.2, -0.15) is 0 Å². The third-order valence-corrected chi connectivity index (χ3v) is 6.47. The van der Waals surface area contributed by atoms with Gasteiger partial charge in [0.2, 0.25) is 5.91 Å². The molecule has 1 aliphatic carbocycles. The topological polar surface area (TPSA) is 66.7 Å². The van der Waals surface area contributed by atoms with Crippen LogP contribution in [0, 0.1) is 5.92 Å². The Balaban J connectivity index is 1.27. The van der Waals surface area contributed by atoms with Crippen LogP contribution in [0.15, 0.2) is 35.1 Å². The predicted molar refractivity (Wildman–Crippen MR) is 103 cm³/mol. The molecule has 2 bridgehead atoms. The Hall–Kier alpha value is -2.63. The number of hydrogen-bond acceptors (Lipinski definition) is 4. The minimum Gasteiger partial charge on any atom is -0.468 e. The lowest BCUT2D eigenvalue weighted by molar-refractivity contribution is -0.137. The maximum absolute atomic E-state index is 13.1. The number of hydrogen-bond donors (Lipinski definition) is 0. The summed E-state index contributed by atoms with van der Waals surface area (Å²) in [6.07, 6.45) is 5.79. The molecule has 28 heavy (non-hydrogen) atoms. The van der Waals surface area contributed by atoms with E-state index in [-0.39, 0.29) is 35.7 Å². The van der Waals surface area contributed by atoms with Crippen LogP contribution in [-0.2, 0) is 17.6 Å². The number of pyridine rings is 1. The number of amides is 2. The van der Waals surface area contributed by atoms with Gasteiger partial charge >= 0.3 is 0 Å². The predicted octanol–water partition coefficient (Wildman–Crippen LogP) is 2.64. The molecule has 2 fully saturated rings. The van der Waals surface area contributed by atoms with Crippen LogP contribution >= 0.6 is 0 Å². The maximum Gasteiger partial charge on any atom is 0.257 e. The van der Waals surface area contributed by atoms with E-state index in [1.807, 2.05) is 29.7 Å². The van der Waals surface area contributed by atoms with E-state index in [0.29, 0.717) is 18.7 Å². The Kier molecular flexibility index (Phi) is 4.03. The van der Waals surface area contributed by atoms with Crippen molar-refractivity contribution in [3.8, 4) is 0 Å². The maximum atomic E-state index is 13.1. The normalized spacial score (nSPS) is 25.6. The molecule has 0 saturated carbocycles. The molecule has 2 amide bonds. The number of carbonyl (C=O) groups excluding carboxylic acids is 2. The minimum absolute atomic E-state index is 0.00480. The van der Waals surface area contributed by atoms with Gasteiger partial charge in [0.15, 0.2) is 0 Å². The number of nitrogens with zero attached hydrogens (tertiary/aromatic N) is 3. The Morgan fingerprint density at radius 2 is 1.93 bits per heavy atom. The Labute approximate surface area is 164 Å². The zero-order valence-corrected chi connectivity index (χ0v) is 16.3. The van der Waals surface area contributed by atoms with E-state index in [2.05, 4.69) is 11.1 Å². The van der Waals surface area contributed by atoms with E-state index in [1.54, 1.807) is 18.5 Å². The van der Waals surface area contributed by atoms with Crippen molar-refractivity contribution in [2.75, 3.05) is 13.1 Å². The third-order valence-electron chi connectivity index (χ3n) is 6.47. The fourth-order valence-electron chi connectivity index (χ4n) is 5.11. The quantitative estimate of drug-likeness (QED) is 0.822. The van der Waals surface area contributed by atoms with E-state index in [4.69, 9.17) is 4.42 Å². The van der Waals surface area contributed by atoms with Crippen molar-refractivity contribution in [2.24, 2.45) is 5.92 Å². The van der Waals surface area contributed by atoms with Crippen LogP contribution in [0.25, 0.3) is 0 Å². The van der Waals surface area contributed by atoms with Gasteiger partial charge in [0.1, 0.15) is 5.76 Å². The number of likely N-dealkylation sites (tertiary alicyclic amines) is 2. The van der Waals surface area contributed by atoms with Crippen molar-refractivity contribution in [2.45, 2.75) is 51.1 Å². The van der Waals surface area contributed by atoms with Crippen LogP contribution in [-0.4, -0.2) is 51.8 Å². The smallest absolute Gasteiger partial charge is 0.257 e. The van der Waals surface area contributed by atoms with Crippen molar-refractivity contribution >= 4 is 11.8 Å². The molecule has 2 aromatic rings. The fraction of sp³-hybridized carbons (Fsp3) is 0.500. The summed E-state index contributed by atoms with van der Waals surface area (Å²) in [6.45, 7) is 5.32. The SMILES string of the molecule is CC(C)c1occc1C(=O)N1C[C@@H]2C[C@H]1CN2C(=O)C1Cc2cccnc2C1. The molecule has 2 aliphatic heterocycles. The van der Waals surface area contributed by atoms with Crippen LogP contribution in [0.3, 0.4) is 0 Å². The molecule has 4 heterocycles. The van der Waals surface area contributed by atoms with E-state index < -0.39 is 0 Å². The summed E-state index contributed by atoms with van der Waals surface area (Å²) >= 11 is 0. The number of carbonyl (C=O) groups is 2. The molecule has 146 valence electrons. The van der Waals surface area contributed by atoms with E-state index >= 15 is 0 Å². The van der Waals surface area contributed by atoms with Crippen molar-refractivity contribution in [1.29, 1.82) is 0 Å². The molecule has 2 aromatic heterocycles.